The molecule has 1 aliphatic carbocycles. The summed E-state index contributed by atoms with van der Waals surface area (Å²) in [5.74, 6) is 1.68. The van der Waals surface area contributed by atoms with Gasteiger partial charge in [-0.1, -0.05) is 26.7 Å². The molecule has 2 rings (SSSR count). The van der Waals surface area contributed by atoms with Crippen molar-refractivity contribution in [3.05, 3.63) is 17.9 Å². The van der Waals surface area contributed by atoms with Crippen LogP contribution in [-0.2, 0) is 16.6 Å². The lowest BCUT2D eigenvalue weighted by atomic mass is 10.1. The van der Waals surface area contributed by atoms with Gasteiger partial charge in [-0.2, -0.15) is 0 Å². The molecule has 1 heterocycles. The molecule has 0 unspecified atom stereocenters. The minimum absolute atomic E-state index is 0.0156. The van der Waals surface area contributed by atoms with Crippen LogP contribution in [0.5, 0.6) is 0 Å². The van der Waals surface area contributed by atoms with Gasteiger partial charge >= 0.3 is 0 Å². The average molecular weight is 314 g/mol. The third-order valence-corrected chi connectivity index (χ3v) is 5.09. The van der Waals surface area contributed by atoms with E-state index in [1.807, 2.05) is 0 Å². The predicted molar refractivity (Wildman–Crippen MR) is 82.4 cm³/mol. The predicted octanol–water partition coefficient (Wildman–Crippen LogP) is 2.49. The van der Waals surface area contributed by atoms with Crippen LogP contribution in [-0.4, -0.2) is 21.5 Å². The molecule has 0 radical (unpaired) electrons. The summed E-state index contributed by atoms with van der Waals surface area (Å²) in [4.78, 5) is 0. The molecule has 1 saturated carbocycles. The lowest BCUT2D eigenvalue weighted by molar-refractivity contribution is 0.393. The fourth-order valence-electron chi connectivity index (χ4n) is 2.59. The van der Waals surface area contributed by atoms with Crippen molar-refractivity contribution in [1.29, 1.82) is 0 Å². The van der Waals surface area contributed by atoms with Crippen molar-refractivity contribution < 1.29 is 12.8 Å². The van der Waals surface area contributed by atoms with Crippen molar-refractivity contribution in [2.24, 2.45) is 11.8 Å². The van der Waals surface area contributed by atoms with E-state index in [0.717, 1.165) is 19.4 Å². The number of hydrogen-bond donors (Lipinski definition) is 2. The number of furan rings is 1. The standard InChI is InChI=1S/C15H26N2O3S/c1-12(2)9-16-11-14-7-8-15(20-14)21(18,19)17-10-13-5-3-4-6-13/h7-8,12-13,16-17H,3-6,9-11H2,1-2H3. The van der Waals surface area contributed by atoms with Crippen LogP contribution in [0.3, 0.4) is 0 Å². The molecule has 0 bridgehead atoms. The lowest BCUT2D eigenvalue weighted by Gasteiger charge is -2.09. The topological polar surface area (TPSA) is 71.3 Å². The first-order valence-corrected chi connectivity index (χ1v) is 9.25. The quantitative estimate of drug-likeness (QED) is 0.773. The van der Waals surface area contributed by atoms with E-state index in [-0.39, 0.29) is 5.09 Å². The molecule has 21 heavy (non-hydrogen) atoms. The first-order chi connectivity index (χ1) is 9.97. The molecule has 0 amide bonds. The molecule has 0 saturated heterocycles. The maximum atomic E-state index is 12.2. The molecule has 2 N–H and O–H groups in total. The molecule has 120 valence electrons. The van der Waals surface area contributed by atoms with Crippen molar-refractivity contribution in [2.45, 2.75) is 51.2 Å². The van der Waals surface area contributed by atoms with Crippen LogP contribution in [0.1, 0.15) is 45.3 Å². The van der Waals surface area contributed by atoms with Crippen LogP contribution in [0.15, 0.2) is 21.6 Å². The molecule has 1 aliphatic rings. The van der Waals surface area contributed by atoms with Crippen molar-refractivity contribution in [3.8, 4) is 0 Å². The zero-order valence-electron chi connectivity index (χ0n) is 12.9. The van der Waals surface area contributed by atoms with Crippen LogP contribution in [0, 0.1) is 11.8 Å². The highest BCUT2D eigenvalue weighted by atomic mass is 32.2. The number of nitrogens with one attached hydrogen (secondary N) is 2. The Balaban J connectivity index is 1.86. The molecular weight excluding hydrogens is 288 g/mol. The van der Waals surface area contributed by atoms with E-state index in [1.165, 1.54) is 18.9 Å². The summed E-state index contributed by atoms with van der Waals surface area (Å²) in [7, 11) is -3.51. The van der Waals surface area contributed by atoms with Gasteiger partial charge in [-0.3, -0.25) is 0 Å². The zero-order valence-corrected chi connectivity index (χ0v) is 13.7. The second-order valence-corrected chi connectivity index (χ2v) is 7.95. The zero-order chi connectivity index (χ0) is 15.3. The van der Waals surface area contributed by atoms with Gasteiger partial charge in [0, 0.05) is 6.54 Å². The number of hydrogen-bond acceptors (Lipinski definition) is 4. The molecule has 5 nitrogen and oxygen atoms in total. The normalized spacial score (nSPS) is 16.9. The van der Waals surface area contributed by atoms with E-state index in [2.05, 4.69) is 23.9 Å². The molecule has 1 aromatic heterocycles. The van der Waals surface area contributed by atoms with Gasteiger partial charge < -0.3 is 9.73 Å². The van der Waals surface area contributed by atoms with Crippen molar-refractivity contribution in [2.75, 3.05) is 13.1 Å². The maximum Gasteiger partial charge on any atom is 0.273 e. The summed E-state index contributed by atoms with van der Waals surface area (Å²) in [6.07, 6.45) is 4.65. The Morgan fingerprint density at radius 1 is 1.29 bits per heavy atom. The average Bonchev–Trinajstić information content (AvgIpc) is 3.07. The van der Waals surface area contributed by atoms with E-state index < -0.39 is 10.0 Å². The molecular formula is C15H26N2O3S. The Kier molecular flexibility index (Phi) is 5.84. The second-order valence-electron chi connectivity index (χ2n) is 6.25. The van der Waals surface area contributed by atoms with Crippen LogP contribution in [0.2, 0.25) is 0 Å². The molecule has 6 heteroatoms. The fourth-order valence-corrected chi connectivity index (χ4v) is 3.66. The van der Waals surface area contributed by atoms with Gasteiger partial charge in [-0.15, -0.1) is 0 Å². The molecule has 1 fully saturated rings. The Labute approximate surface area is 127 Å². The highest BCUT2D eigenvalue weighted by Crippen LogP contribution is 2.24. The molecule has 1 aromatic rings. The van der Waals surface area contributed by atoms with Crippen LogP contribution < -0.4 is 10.0 Å². The number of sulfonamides is 1. The second kappa shape index (κ2) is 7.42. The van der Waals surface area contributed by atoms with Gasteiger partial charge in [0.05, 0.1) is 6.54 Å². The van der Waals surface area contributed by atoms with Gasteiger partial charge in [0.15, 0.2) is 0 Å². The smallest absolute Gasteiger partial charge is 0.273 e. The molecule has 0 aromatic carbocycles. The van der Waals surface area contributed by atoms with E-state index in [9.17, 15) is 8.42 Å². The summed E-state index contributed by atoms with van der Waals surface area (Å²) >= 11 is 0. The summed E-state index contributed by atoms with van der Waals surface area (Å²) in [5, 5.41) is 3.25. The fraction of sp³-hybridized carbons (Fsp3) is 0.733. The van der Waals surface area contributed by atoms with Crippen molar-refractivity contribution >= 4 is 10.0 Å². The molecule has 0 aliphatic heterocycles. The Hall–Kier alpha value is -0.850. The Morgan fingerprint density at radius 2 is 2.00 bits per heavy atom. The summed E-state index contributed by atoms with van der Waals surface area (Å²) in [5.41, 5.74) is 0. The SMILES string of the molecule is CC(C)CNCc1ccc(S(=O)(=O)NCC2CCCC2)o1. The first-order valence-electron chi connectivity index (χ1n) is 7.76. The maximum absolute atomic E-state index is 12.2. The third-order valence-electron chi connectivity index (χ3n) is 3.79. The third kappa shape index (κ3) is 5.13. The van der Waals surface area contributed by atoms with Gasteiger partial charge in [0.25, 0.3) is 10.0 Å². The molecule has 0 spiro atoms. The van der Waals surface area contributed by atoms with Crippen molar-refractivity contribution in [3.63, 3.8) is 0 Å². The summed E-state index contributed by atoms with van der Waals surface area (Å²) in [6, 6.07) is 3.25. The van der Waals surface area contributed by atoms with E-state index in [0.29, 0.717) is 30.7 Å². The largest absolute Gasteiger partial charge is 0.447 e. The summed E-state index contributed by atoms with van der Waals surface area (Å²) in [6.45, 7) is 6.19. The first kappa shape index (κ1) is 16.5. The number of rotatable bonds is 8. The van der Waals surface area contributed by atoms with Gasteiger partial charge in [0.1, 0.15) is 5.76 Å². The van der Waals surface area contributed by atoms with E-state index in [1.54, 1.807) is 6.07 Å². The van der Waals surface area contributed by atoms with Crippen molar-refractivity contribution in [1.82, 2.24) is 10.0 Å². The van der Waals surface area contributed by atoms with Gasteiger partial charge in [0.2, 0.25) is 5.09 Å². The Bertz CT molecular complexity index is 531. The lowest BCUT2D eigenvalue weighted by Crippen LogP contribution is -2.28. The van der Waals surface area contributed by atoms with Gasteiger partial charge in [-0.25, -0.2) is 13.1 Å². The highest BCUT2D eigenvalue weighted by molar-refractivity contribution is 7.89. The molecule has 0 atom stereocenters. The van der Waals surface area contributed by atoms with Crippen LogP contribution >= 0.6 is 0 Å². The van der Waals surface area contributed by atoms with Gasteiger partial charge in [-0.05, 0) is 43.4 Å². The van der Waals surface area contributed by atoms with Crippen LogP contribution in [0.25, 0.3) is 0 Å². The Morgan fingerprint density at radius 3 is 2.67 bits per heavy atom. The van der Waals surface area contributed by atoms with Crippen LogP contribution in [0.4, 0.5) is 0 Å². The highest BCUT2D eigenvalue weighted by Gasteiger charge is 2.22. The minimum Gasteiger partial charge on any atom is -0.447 e. The minimum atomic E-state index is -3.51. The van der Waals surface area contributed by atoms with E-state index in [4.69, 9.17) is 4.42 Å². The summed E-state index contributed by atoms with van der Waals surface area (Å²) < 4.78 is 32.4. The van der Waals surface area contributed by atoms with E-state index >= 15 is 0 Å². The monoisotopic (exact) mass is 314 g/mol.